The second kappa shape index (κ2) is 3.70. The highest BCUT2D eigenvalue weighted by atomic mass is 19.1. The average Bonchev–Trinajstić information content (AvgIpc) is 2.25. The van der Waals surface area contributed by atoms with Crippen molar-refractivity contribution in [2.75, 3.05) is 6.61 Å². The molecule has 1 amide bonds. The van der Waals surface area contributed by atoms with Crippen molar-refractivity contribution in [1.29, 1.82) is 0 Å². The SMILES string of the molecule is [CH2]C12CC(NC(=O)COc3ccc(F)cc3)(C1)C2. The fourth-order valence-corrected chi connectivity index (χ4v) is 3.14. The van der Waals surface area contributed by atoms with E-state index in [-0.39, 0.29) is 29.3 Å². The maximum absolute atomic E-state index is 12.7. The highest BCUT2D eigenvalue weighted by Gasteiger charge is 2.65. The third-order valence-electron chi connectivity index (χ3n) is 3.73. The Hall–Kier alpha value is -1.58. The van der Waals surface area contributed by atoms with Crippen molar-refractivity contribution >= 4 is 5.91 Å². The van der Waals surface area contributed by atoms with E-state index in [2.05, 4.69) is 12.2 Å². The Bertz CT molecular complexity index is 463. The molecule has 4 heteroatoms. The summed E-state index contributed by atoms with van der Waals surface area (Å²) in [5, 5.41) is 2.99. The molecule has 0 spiro atoms. The summed E-state index contributed by atoms with van der Waals surface area (Å²) in [5.41, 5.74) is 0.218. The number of hydrogen-bond donors (Lipinski definition) is 1. The monoisotopic (exact) mass is 248 g/mol. The highest BCUT2D eigenvalue weighted by molar-refractivity contribution is 5.79. The second-order valence-corrected chi connectivity index (χ2v) is 5.60. The van der Waals surface area contributed by atoms with E-state index in [9.17, 15) is 9.18 Å². The average molecular weight is 248 g/mol. The summed E-state index contributed by atoms with van der Waals surface area (Å²) >= 11 is 0. The Morgan fingerprint density at radius 3 is 2.50 bits per heavy atom. The van der Waals surface area contributed by atoms with Gasteiger partial charge in [-0.2, -0.15) is 0 Å². The van der Waals surface area contributed by atoms with Gasteiger partial charge in [0.25, 0.3) is 5.91 Å². The van der Waals surface area contributed by atoms with Crippen LogP contribution in [0.4, 0.5) is 4.39 Å². The lowest BCUT2D eigenvalue weighted by Gasteiger charge is -2.69. The number of benzene rings is 1. The molecule has 18 heavy (non-hydrogen) atoms. The van der Waals surface area contributed by atoms with Crippen molar-refractivity contribution in [1.82, 2.24) is 5.32 Å². The molecule has 1 radical (unpaired) electrons. The summed E-state index contributed by atoms with van der Waals surface area (Å²) in [7, 11) is 0. The standard InChI is InChI=1S/C14H15FNO2/c1-13-7-14(8-13,9-13)16-12(17)6-18-11-4-2-10(15)3-5-11/h2-5H,1,6-9H2,(H,16,17). The van der Waals surface area contributed by atoms with Crippen LogP contribution in [0, 0.1) is 18.2 Å². The van der Waals surface area contributed by atoms with Crippen LogP contribution in [0.25, 0.3) is 0 Å². The Kier molecular flexibility index (Phi) is 2.37. The molecule has 0 unspecified atom stereocenters. The maximum Gasteiger partial charge on any atom is 0.258 e. The fourth-order valence-electron chi connectivity index (χ4n) is 3.14. The molecule has 1 aromatic rings. The number of ether oxygens (including phenoxy) is 1. The van der Waals surface area contributed by atoms with E-state index in [4.69, 9.17) is 4.74 Å². The molecule has 0 aliphatic heterocycles. The normalized spacial score (nSPS) is 32.1. The second-order valence-electron chi connectivity index (χ2n) is 5.60. The molecule has 1 aromatic carbocycles. The third-order valence-corrected chi connectivity index (χ3v) is 3.73. The number of carbonyl (C=O) groups is 1. The Morgan fingerprint density at radius 1 is 1.33 bits per heavy atom. The van der Waals surface area contributed by atoms with Gasteiger partial charge in [-0.1, -0.05) is 0 Å². The molecule has 95 valence electrons. The van der Waals surface area contributed by atoms with Gasteiger partial charge in [0.1, 0.15) is 11.6 Å². The number of carbonyl (C=O) groups excluding carboxylic acids is 1. The number of hydrogen-bond acceptors (Lipinski definition) is 2. The summed E-state index contributed by atoms with van der Waals surface area (Å²) in [6, 6.07) is 5.63. The molecule has 0 atom stereocenters. The zero-order valence-corrected chi connectivity index (χ0v) is 10.0. The van der Waals surface area contributed by atoms with E-state index < -0.39 is 0 Å². The van der Waals surface area contributed by atoms with Crippen LogP contribution in [-0.4, -0.2) is 18.1 Å². The highest BCUT2D eigenvalue weighted by Crippen LogP contribution is 2.66. The van der Waals surface area contributed by atoms with Crippen LogP contribution in [-0.2, 0) is 4.79 Å². The summed E-state index contributed by atoms with van der Waals surface area (Å²) in [6.45, 7) is 4.05. The molecule has 3 aliphatic rings. The predicted molar refractivity (Wildman–Crippen MR) is 64.4 cm³/mol. The van der Waals surface area contributed by atoms with Crippen LogP contribution in [0.15, 0.2) is 24.3 Å². The molecule has 0 saturated heterocycles. The Labute approximate surface area is 105 Å². The molecule has 2 bridgehead atoms. The van der Waals surface area contributed by atoms with Crippen LogP contribution in [0.3, 0.4) is 0 Å². The van der Waals surface area contributed by atoms with Crippen LogP contribution >= 0.6 is 0 Å². The largest absolute Gasteiger partial charge is 0.484 e. The number of amides is 1. The lowest BCUT2D eigenvalue weighted by atomic mass is 9.40. The quantitative estimate of drug-likeness (QED) is 0.886. The van der Waals surface area contributed by atoms with Crippen LogP contribution in [0.2, 0.25) is 0 Å². The van der Waals surface area contributed by atoms with Crippen molar-refractivity contribution in [3.05, 3.63) is 37.0 Å². The van der Waals surface area contributed by atoms with Crippen molar-refractivity contribution in [3.63, 3.8) is 0 Å². The van der Waals surface area contributed by atoms with Crippen molar-refractivity contribution in [2.45, 2.75) is 24.8 Å². The van der Waals surface area contributed by atoms with Crippen molar-refractivity contribution < 1.29 is 13.9 Å². The van der Waals surface area contributed by atoms with Gasteiger partial charge in [0, 0.05) is 5.54 Å². The van der Waals surface area contributed by atoms with Gasteiger partial charge in [0.15, 0.2) is 6.61 Å². The lowest BCUT2D eigenvalue weighted by Crippen LogP contribution is -2.74. The maximum atomic E-state index is 12.7. The Morgan fingerprint density at radius 2 is 1.94 bits per heavy atom. The van der Waals surface area contributed by atoms with Gasteiger partial charge >= 0.3 is 0 Å². The molecule has 4 rings (SSSR count). The molecule has 3 aliphatic carbocycles. The molecule has 0 heterocycles. The van der Waals surface area contributed by atoms with E-state index in [1.807, 2.05) is 0 Å². The van der Waals surface area contributed by atoms with Gasteiger partial charge in [-0.25, -0.2) is 4.39 Å². The first-order valence-corrected chi connectivity index (χ1v) is 6.04. The third kappa shape index (κ3) is 1.96. The van der Waals surface area contributed by atoms with E-state index in [1.54, 1.807) is 0 Å². The summed E-state index contributed by atoms with van der Waals surface area (Å²) in [4.78, 5) is 11.7. The lowest BCUT2D eigenvalue weighted by molar-refractivity contribution is -0.148. The topological polar surface area (TPSA) is 38.3 Å². The molecular weight excluding hydrogens is 233 g/mol. The van der Waals surface area contributed by atoms with Crippen molar-refractivity contribution in [2.24, 2.45) is 5.41 Å². The first-order valence-electron chi connectivity index (χ1n) is 6.04. The zero-order valence-electron chi connectivity index (χ0n) is 10.0. The zero-order chi connectivity index (χ0) is 12.8. The van der Waals surface area contributed by atoms with E-state index in [1.165, 1.54) is 24.3 Å². The van der Waals surface area contributed by atoms with Crippen LogP contribution in [0.1, 0.15) is 19.3 Å². The minimum absolute atomic E-state index is 0.00894. The van der Waals surface area contributed by atoms with Gasteiger partial charge in [-0.3, -0.25) is 4.79 Å². The Balaban J connectivity index is 1.46. The van der Waals surface area contributed by atoms with Gasteiger partial charge in [-0.15, -0.1) is 0 Å². The summed E-state index contributed by atoms with van der Waals surface area (Å²) < 4.78 is 17.9. The number of halogens is 1. The number of nitrogens with one attached hydrogen (secondary N) is 1. The minimum Gasteiger partial charge on any atom is -0.484 e. The van der Waals surface area contributed by atoms with Gasteiger partial charge < -0.3 is 10.1 Å². The fraction of sp³-hybridized carbons (Fsp3) is 0.429. The van der Waals surface area contributed by atoms with E-state index in [0.717, 1.165) is 19.3 Å². The van der Waals surface area contributed by atoms with Gasteiger partial charge in [-0.05, 0) is 55.9 Å². The molecule has 1 N–H and O–H groups in total. The van der Waals surface area contributed by atoms with E-state index in [0.29, 0.717) is 5.75 Å². The summed E-state index contributed by atoms with van der Waals surface area (Å²) in [6.07, 6.45) is 2.92. The first-order chi connectivity index (χ1) is 8.49. The van der Waals surface area contributed by atoms with Gasteiger partial charge in [0.05, 0.1) is 0 Å². The van der Waals surface area contributed by atoms with Crippen molar-refractivity contribution in [3.8, 4) is 5.75 Å². The van der Waals surface area contributed by atoms with Crippen LogP contribution < -0.4 is 10.1 Å². The minimum atomic E-state index is -0.318. The predicted octanol–water partition coefficient (Wildman–Crippen LogP) is 2.08. The first kappa shape index (κ1) is 11.5. The number of rotatable bonds is 4. The molecule has 3 saturated carbocycles. The molecular formula is C14H15FNO2. The molecule has 0 aromatic heterocycles. The van der Waals surface area contributed by atoms with E-state index >= 15 is 0 Å². The smallest absolute Gasteiger partial charge is 0.258 e. The molecule has 3 fully saturated rings. The van der Waals surface area contributed by atoms with Crippen LogP contribution in [0.5, 0.6) is 5.75 Å². The molecule has 3 nitrogen and oxygen atoms in total. The van der Waals surface area contributed by atoms with Gasteiger partial charge in [0.2, 0.25) is 0 Å². The summed E-state index contributed by atoms with van der Waals surface area (Å²) in [5.74, 6) is 0.0558.